The molecular formula is C13H18O6S. The van der Waals surface area contributed by atoms with Crippen LogP contribution in [0.15, 0.2) is 0 Å². The van der Waals surface area contributed by atoms with Gasteiger partial charge in [-0.1, -0.05) is 0 Å². The summed E-state index contributed by atoms with van der Waals surface area (Å²) < 4.78 is 34.8. The molecule has 5 unspecified atom stereocenters. The van der Waals surface area contributed by atoms with E-state index < -0.39 is 27.8 Å². The second-order valence-electron chi connectivity index (χ2n) is 6.25. The maximum Gasteiger partial charge on any atom is 0.309 e. The molecule has 7 heteroatoms. The van der Waals surface area contributed by atoms with Crippen LogP contribution in [0.5, 0.6) is 0 Å². The van der Waals surface area contributed by atoms with Gasteiger partial charge in [-0.3, -0.25) is 14.1 Å². The lowest BCUT2D eigenvalue weighted by atomic mass is 9.51. The highest BCUT2D eigenvalue weighted by atomic mass is 32.2. The summed E-state index contributed by atoms with van der Waals surface area (Å²) in [5, 5.41) is 0. The smallest absolute Gasteiger partial charge is 0.309 e. The number of Topliss-reactive ketones (excluding diaryl/α,β-unsaturated/α-hetero) is 1. The molecule has 1 N–H and O–H groups in total. The minimum absolute atomic E-state index is 0.124. The van der Waals surface area contributed by atoms with Crippen molar-refractivity contribution in [1.29, 1.82) is 0 Å². The predicted octanol–water partition coefficient (Wildman–Crippen LogP) is 0.669. The Kier molecular flexibility index (Phi) is 3.36. The van der Waals surface area contributed by atoms with Crippen LogP contribution in [0.3, 0.4) is 0 Å². The van der Waals surface area contributed by atoms with Gasteiger partial charge in [-0.2, -0.15) is 8.42 Å². The molecule has 4 aliphatic carbocycles. The van der Waals surface area contributed by atoms with Crippen molar-refractivity contribution < 1.29 is 27.3 Å². The van der Waals surface area contributed by atoms with Gasteiger partial charge in [0.2, 0.25) is 0 Å². The van der Waals surface area contributed by atoms with E-state index in [0.29, 0.717) is 5.92 Å². The maximum absolute atomic E-state index is 12.2. The molecule has 0 amide bonds. The third-order valence-electron chi connectivity index (χ3n) is 5.00. The SMILES string of the molecule is O=C1C2CC3CC(C2)C(C(=O)OCCS(=O)(=O)O)C1C3. The van der Waals surface area contributed by atoms with Crippen molar-refractivity contribution in [2.75, 3.05) is 12.4 Å². The molecule has 0 aliphatic heterocycles. The summed E-state index contributed by atoms with van der Waals surface area (Å²) in [6, 6.07) is 0. The van der Waals surface area contributed by atoms with Crippen molar-refractivity contribution >= 4 is 21.9 Å². The average molecular weight is 302 g/mol. The number of carbonyl (C=O) groups is 2. The molecule has 0 aromatic heterocycles. The Morgan fingerprint density at radius 1 is 1.25 bits per heavy atom. The van der Waals surface area contributed by atoms with Gasteiger partial charge < -0.3 is 4.74 Å². The molecule has 0 radical (unpaired) electrons. The highest BCUT2D eigenvalue weighted by Gasteiger charge is 2.55. The molecule has 0 aromatic rings. The van der Waals surface area contributed by atoms with Crippen molar-refractivity contribution in [3.63, 3.8) is 0 Å². The van der Waals surface area contributed by atoms with Crippen molar-refractivity contribution in [1.82, 2.24) is 0 Å². The Hall–Kier alpha value is -0.950. The number of ether oxygens (including phenoxy) is 1. The molecule has 4 saturated carbocycles. The van der Waals surface area contributed by atoms with E-state index in [4.69, 9.17) is 9.29 Å². The lowest BCUT2D eigenvalue weighted by Crippen LogP contribution is -2.53. The van der Waals surface area contributed by atoms with Gasteiger partial charge >= 0.3 is 5.97 Å². The first-order valence-corrected chi connectivity index (χ1v) is 8.61. The van der Waals surface area contributed by atoms with Gasteiger partial charge in [0.15, 0.2) is 0 Å². The van der Waals surface area contributed by atoms with Gasteiger partial charge in [-0.15, -0.1) is 0 Å². The standard InChI is InChI=1S/C13H18O6S/c14-12-9-4-7-3-8(6-9)11(10(12)5-7)13(15)19-1-2-20(16,17)18/h7-11H,1-6H2,(H,16,17,18). The molecule has 112 valence electrons. The summed E-state index contributed by atoms with van der Waals surface area (Å²) in [4.78, 5) is 24.3. The van der Waals surface area contributed by atoms with Crippen LogP contribution in [0, 0.1) is 29.6 Å². The largest absolute Gasteiger partial charge is 0.464 e. The van der Waals surface area contributed by atoms with Crippen LogP contribution in [0.4, 0.5) is 0 Å². The van der Waals surface area contributed by atoms with Crippen molar-refractivity contribution in [2.45, 2.75) is 25.7 Å². The average Bonchev–Trinajstić information content (AvgIpc) is 2.33. The van der Waals surface area contributed by atoms with Gasteiger partial charge in [-0.25, -0.2) is 0 Å². The van der Waals surface area contributed by atoms with E-state index in [2.05, 4.69) is 0 Å². The molecule has 4 fully saturated rings. The molecule has 5 atom stereocenters. The van der Waals surface area contributed by atoms with E-state index in [0.717, 1.165) is 25.7 Å². The normalized spacial score (nSPS) is 39.0. The van der Waals surface area contributed by atoms with Gasteiger partial charge in [-0.05, 0) is 37.5 Å². The molecule has 4 aliphatic rings. The molecule has 4 rings (SSSR count). The van der Waals surface area contributed by atoms with Crippen molar-refractivity contribution in [3.8, 4) is 0 Å². The van der Waals surface area contributed by atoms with E-state index in [1.165, 1.54) is 0 Å². The summed E-state index contributed by atoms with van der Waals surface area (Å²) in [5.74, 6) is -0.637. The maximum atomic E-state index is 12.2. The van der Waals surface area contributed by atoms with Crippen LogP contribution in [0.2, 0.25) is 0 Å². The zero-order chi connectivity index (χ0) is 14.5. The summed E-state index contributed by atoms with van der Waals surface area (Å²) in [6.07, 6.45) is 3.47. The summed E-state index contributed by atoms with van der Waals surface area (Å²) in [6.45, 7) is -0.353. The Morgan fingerprint density at radius 2 is 2.00 bits per heavy atom. The quantitative estimate of drug-likeness (QED) is 0.605. The first kappa shape index (κ1) is 14.0. The van der Waals surface area contributed by atoms with Gasteiger partial charge in [0.05, 0.1) is 5.92 Å². The number of hydrogen-bond acceptors (Lipinski definition) is 5. The molecule has 0 heterocycles. The van der Waals surface area contributed by atoms with Crippen molar-refractivity contribution in [3.05, 3.63) is 0 Å². The second-order valence-corrected chi connectivity index (χ2v) is 7.83. The number of carbonyl (C=O) groups excluding carboxylic acids is 2. The van der Waals surface area contributed by atoms with Gasteiger partial charge in [0.1, 0.15) is 18.1 Å². The molecule has 20 heavy (non-hydrogen) atoms. The van der Waals surface area contributed by atoms with Gasteiger partial charge in [0.25, 0.3) is 10.1 Å². The van der Waals surface area contributed by atoms with E-state index in [1.807, 2.05) is 0 Å². The Bertz CT molecular complexity index is 539. The molecule has 6 nitrogen and oxygen atoms in total. The van der Waals surface area contributed by atoms with E-state index in [9.17, 15) is 18.0 Å². The highest BCUT2D eigenvalue weighted by molar-refractivity contribution is 7.85. The second kappa shape index (κ2) is 4.80. The fraction of sp³-hybridized carbons (Fsp3) is 0.846. The molecule has 0 aromatic carbocycles. The van der Waals surface area contributed by atoms with E-state index in [1.54, 1.807) is 0 Å². The third kappa shape index (κ3) is 2.48. The minimum atomic E-state index is -4.13. The zero-order valence-electron chi connectivity index (χ0n) is 11.0. The monoisotopic (exact) mass is 302 g/mol. The van der Waals surface area contributed by atoms with Crippen LogP contribution in [-0.4, -0.2) is 37.1 Å². The molecular weight excluding hydrogens is 284 g/mol. The highest BCUT2D eigenvalue weighted by Crippen LogP contribution is 2.55. The molecule has 0 spiro atoms. The topological polar surface area (TPSA) is 97.7 Å². The molecule has 4 bridgehead atoms. The number of esters is 1. The zero-order valence-corrected chi connectivity index (χ0v) is 11.8. The van der Waals surface area contributed by atoms with Crippen LogP contribution >= 0.6 is 0 Å². The number of rotatable bonds is 4. The van der Waals surface area contributed by atoms with Crippen molar-refractivity contribution in [2.24, 2.45) is 29.6 Å². The van der Waals surface area contributed by atoms with Crippen LogP contribution in [-0.2, 0) is 24.4 Å². The predicted molar refractivity (Wildman–Crippen MR) is 68.3 cm³/mol. The van der Waals surface area contributed by atoms with Crippen LogP contribution in [0.1, 0.15) is 25.7 Å². The molecule has 0 saturated heterocycles. The van der Waals surface area contributed by atoms with E-state index in [-0.39, 0.29) is 30.1 Å². The third-order valence-corrected chi connectivity index (χ3v) is 5.68. The Morgan fingerprint density at radius 3 is 2.70 bits per heavy atom. The Balaban J connectivity index is 1.65. The van der Waals surface area contributed by atoms with Gasteiger partial charge in [0, 0.05) is 11.8 Å². The fourth-order valence-electron chi connectivity index (χ4n) is 4.33. The van der Waals surface area contributed by atoms with Crippen LogP contribution in [0.25, 0.3) is 0 Å². The Labute approximate surface area is 117 Å². The minimum Gasteiger partial charge on any atom is -0.464 e. The summed E-state index contributed by atoms with van der Waals surface area (Å²) in [5.41, 5.74) is 0. The number of hydrogen-bond donors (Lipinski definition) is 1. The van der Waals surface area contributed by atoms with E-state index >= 15 is 0 Å². The fourth-order valence-corrected chi connectivity index (χ4v) is 4.63. The summed E-state index contributed by atoms with van der Waals surface area (Å²) in [7, 11) is -4.13. The number of ketones is 1. The first-order chi connectivity index (χ1) is 9.35. The lowest BCUT2D eigenvalue weighted by molar-refractivity contribution is -0.168. The lowest BCUT2D eigenvalue weighted by Gasteiger charge is -2.51. The summed E-state index contributed by atoms with van der Waals surface area (Å²) >= 11 is 0. The first-order valence-electron chi connectivity index (χ1n) is 7.00. The van der Waals surface area contributed by atoms with Crippen LogP contribution < -0.4 is 0 Å².